The Hall–Kier alpha value is -0.760. The van der Waals surface area contributed by atoms with Crippen LogP contribution in [0.5, 0.6) is 5.88 Å². The van der Waals surface area contributed by atoms with Gasteiger partial charge in [0.05, 0.1) is 6.20 Å². The van der Waals surface area contributed by atoms with Gasteiger partial charge in [0.2, 0.25) is 11.5 Å². The van der Waals surface area contributed by atoms with Crippen molar-refractivity contribution in [1.29, 1.82) is 5.41 Å². The first-order chi connectivity index (χ1) is 4.13. The van der Waals surface area contributed by atoms with Crippen molar-refractivity contribution in [2.24, 2.45) is 7.05 Å². The van der Waals surface area contributed by atoms with Gasteiger partial charge in [-0.2, -0.15) is 0 Å². The third-order valence-corrected chi connectivity index (χ3v) is 1.63. The quantitative estimate of drug-likeness (QED) is 0.481. The van der Waals surface area contributed by atoms with Gasteiger partial charge in [-0.15, -0.1) is 0 Å². The predicted molar refractivity (Wildman–Crippen MR) is 36.0 cm³/mol. The van der Waals surface area contributed by atoms with Crippen LogP contribution >= 0.6 is 9.39 Å². The number of aromatic nitrogens is 2. The van der Waals surface area contributed by atoms with Gasteiger partial charge in [0.25, 0.3) is 0 Å². The van der Waals surface area contributed by atoms with Crippen molar-refractivity contribution in [3.8, 4) is 5.88 Å². The van der Waals surface area contributed by atoms with Crippen LogP contribution in [-0.4, -0.2) is 14.0 Å². The molecule has 0 saturated heterocycles. The van der Waals surface area contributed by atoms with Gasteiger partial charge in [0.15, 0.2) is 0 Å². The molecule has 0 fully saturated rings. The van der Waals surface area contributed by atoms with Crippen LogP contribution in [0.3, 0.4) is 0 Å². The van der Waals surface area contributed by atoms with E-state index in [-0.39, 0.29) is 11.5 Å². The molecular formula is C4H8N3OP. The van der Waals surface area contributed by atoms with Gasteiger partial charge in [-0.05, 0) is 9.39 Å². The lowest BCUT2D eigenvalue weighted by molar-refractivity contribution is 0.449. The number of imidazole rings is 1. The lowest BCUT2D eigenvalue weighted by atomic mass is 10.8. The molecular weight excluding hydrogens is 137 g/mol. The molecule has 0 radical (unpaired) electrons. The van der Waals surface area contributed by atoms with Gasteiger partial charge in [-0.3, -0.25) is 9.75 Å². The minimum absolute atomic E-state index is 0.0764. The van der Waals surface area contributed by atoms with E-state index in [0.717, 1.165) is 0 Å². The van der Waals surface area contributed by atoms with E-state index in [0.29, 0.717) is 0 Å². The molecule has 1 atom stereocenters. The molecule has 0 aliphatic heterocycles. The lowest BCUT2D eigenvalue weighted by Gasteiger charge is -1.88. The van der Waals surface area contributed by atoms with E-state index in [1.807, 2.05) is 0 Å². The summed E-state index contributed by atoms with van der Waals surface area (Å²) in [6, 6.07) is 0. The molecule has 0 aromatic carbocycles. The Morgan fingerprint density at radius 3 is 2.44 bits per heavy atom. The summed E-state index contributed by atoms with van der Waals surface area (Å²) in [5.74, 6) is 0.0764. The monoisotopic (exact) mass is 145 g/mol. The maximum absolute atomic E-state index is 8.92. The Balaban J connectivity index is 3.48. The van der Waals surface area contributed by atoms with Crippen molar-refractivity contribution in [2.45, 2.75) is 0 Å². The highest BCUT2D eigenvalue weighted by Gasteiger charge is 1.97. The Labute approximate surface area is 54.5 Å². The molecule has 0 bridgehead atoms. The number of aromatic hydroxyl groups is 1. The van der Waals surface area contributed by atoms with Gasteiger partial charge < -0.3 is 9.67 Å². The Morgan fingerprint density at radius 1 is 1.78 bits per heavy atom. The van der Waals surface area contributed by atoms with Crippen LogP contribution in [0.2, 0.25) is 0 Å². The van der Waals surface area contributed by atoms with E-state index in [2.05, 4.69) is 9.39 Å². The van der Waals surface area contributed by atoms with E-state index in [4.69, 9.17) is 10.5 Å². The van der Waals surface area contributed by atoms with Gasteiger partial charge in [-0.25, -0.2) is 0 Å². The number of aryl methyl sites for hydroxylation is 1. The van der Waals surface area contributed by atoms with Gasteiger partial charge in [0, 0.05) is 7.05 Å². The lowest BCUT2D eigenvalue weighted by Crippen LogP contribution is -2.16. The Morgan fingerprint density at radius 2 is 2.33 bits per heavy atom. The molecule has 5 heteroatoms. The summed E-state index contributed by atoms with van der Waals surface area (Å²) in [5, 5.41) is 16.1. The highest BCUT2D eigenvalue weighted by atomic mass is 31.0. The second-order valence-electron chi connectivity index (χ2n) is 1.79. The largest absolute Gasteiger partial charge is 0.493 e. The first-order valence-corrected chi connectivity index (χ1v) is 2.91. The minimum Gasteiger partial charge on any atom is -0.493 e. The summed E-state index contributed by atoms with van der Waals surface area (Å²) >= 11 is 0. The molecule has 1 aromatic rings. The summed E-state index contributed by atoms with van der Waals surface area (Å²) in [6.45, 7) is 0. The summed E-state index contributed by atoms with van der Waals surface area (Å²) < 4.78 is 2.82. The first kappa shape index (κ1) is 6.36. The average Bonchev–Trinajstić information content (AvgIpc) is 1.98. The molecule has 1 rings (SSSR count). The Bertz CT molecular complexity index is 274. The predicted octanol–water partition coefficient (Wildman–Crippen LogP) is -0.350. The van der Waals surface area contributed by atoms with Gasteiger partial charge >= 0.3 is 0 Å². The Kier molecular flexibility index (Phi) is 1.33. The van der Waals surface area contributed by atoms with Crippen LogP contribution in [0.15, 0.2) is 6.20 Å². The molecule has 1 unspecified atom stereocenters. The third-order valence-electron chi connectivity index (χ3n) is 1.12. The number of nitrogens with zero attached hydrogens (tertiary/aromatic N) is 2. The summed E-state index contributed by atoms with van der Waals surface area (Å²) in [5.41, 5.74) is 0.248. The molecule has 0 saturated carbocycles. The molecule has 50 valence electrons. The molecule has 0 amide bonds. The van der Waals surface area contributed by atoms with Crippen molar-refractivity contribution in [2.75, 3.05) is 0 Å². The number of rotatable bonds is 0. The fraction of sp³-hybridized carbons (Fsp3) is 0.250. The van der Waals surface area contributed by atoms with Crippen molar-refractivity contribution in [3.05, 3.63) is 11.8 Å². The van der Waals surface area contributed by atoms with Crippen LogP contribution in [0.25, 0.3) is 0 Å². The summed E-state index contributed by atoms with van der Waals surface area (Å²) in [4.78, 5) is 0. The van der Waals surface area contributed by atoms with Crippen molar-refractivity contribution in [3.63, 3.8) is 0 Å². The highest BCUT2D eigenvalue weighted by molar-refractivity contribution is 7.14. The van der Waals surface area contributed by atoms with Crippen LogP contribution in [-0.2, 0) is 7.05 Å². The molecule has 0 spiro atoms. The van der Waals surface area contributed by atoms with E-state index >= 15 is 0 Å². The zero-order valence-electron chi connectivity index (χ0n) is 5.00. The molecule has 0 aliphatic rings. The molecule has 1 aromatic heterocycles. The van der Waals surface area contributed by atoms with Gasteiger partial charge in [-0.1, -0.05) is 0 Å². The average molecular weight is 145 g/mol. The van der Waals surface area contributed by atoms with E-state index in [9.17, 15) is 0 Å². The molecule has 4 nitrogen and oxygen atoms in total. The molecule has 2 N–H and O–H groups in total. The van der Waals surface area contributed by atoms with E-state index < -0.39 is 0 Å². The minimum atomic E-state index is 0.0764. The van der Waals surface area contributed by atoms with Gasteiger partial charge in [0.1, 0.15) is 0 Å². The number of nitrogens with one attached hydrogen (secondary N) is 1. The van der Waals surface area contributed by atoms with Crippen LogP contribution in [0.4, 0.5) is 0 Å². The van der Waals surface area contributed by atoms with Crippen LogP contribution in [0, 0.1) is 5.41 Å². The number of hydrogen-bond donors (Lipinski definition) is 2. The van der Waals surface area contributed by atoms with Crippen molar-refractivity contribution in [1.82, 2.24) is 8.90 Å². The second kappa shape index (κ2) is 1.88. The smallest absolute Gasteiger partial charge is 0.213 e. The second-order valence-corrected chi connectivity index (χ2v) is 2.31. The summed E-state index contributed by atoms with van der Waals surface area (Å²) in [7, 11) is 3.92. The van der Waals surface area contributed by atoms with Crippen LogP contribution in [0.1, 0.15) is 0 Å². The topological polar surface area (TPSA) is 53.9 Å². The van der Waals surface area contributed by atoms with Crippen molar-refractivity contribution < 1.29 is 5.11 Å². The zero-order chi connectivity index (χ0) is 7.02. The fourth-order valence-electron chi connectivity index (χ4n) is 0.575. The van der Waals surface area contributed by atoms with Crippen molar-refractivity contribution >= 4 is 9.39 Å². The third kappa shape index (κ3) is 0.856. The van der Waals surface area contributed by atoms with E-state index in [1.165, 1.54) is 15.1 Å². The number of hydrogen-bond acceptors (Lipinski definition) is 2. The highest BCUT2D eigenvalue weighted by Crippen LogP contribution is 2.06. The summed E-state index contributed by atoms with van der Waals surface area (Å²) in [6.07, 6.45) is 1.47. The maximum atomic E-state index is 8.92. The first-order valence-electron chi connectivity index (χ1n) is 2.40. The standard InChI is InChI=1S/C4H8N3OP/c1-6-2-3(8)7(9)4(6)5/h2,5,8H,9H2,1H3. The molecule has 9 heavy (non-hydrogen) atoms. The van der Waals surface area contributed by atoms with E-state index in [1.54, 1.807) is 7.05 Å². The normalized spacial score (nSPS) is 10.0. The molecule has 0 aliphatic carbocycles. The molecule has 1 heterocycles. The zero-order valence-corrected chi connectivity index (χ0v) is 6.15. The maximum Gasteiger partial charge on any atom is 0.213 e. The SMILES string of the molecule is Cn1cc(O)n(P)c1=N. The fourth-order valence-corrected chi connectivity index (χ4v) is 0.824. The van der Waals surface area contributed by atoms with Crippen LogP contribution < -0.4 is 5.62 Å².